The Bertz CT molecular complexity index is 1600. The van der Waals surface area contributed by atoms with Crippen LogP contribution in [-0.4, -0.2) is 78.9 Å². The van der Waals surface area contributed by atoms with E-state index < -0.39 is 48.2 Å². The van der Waals surface area contributed by atoms with Gasteiger partial charge in [0.1, 0.15) is 17.5 Å². The SMILES string of the molecule is COCc1nccc(C)c1C(=O)OCC(=O)[C@H](C[C@@H]1CCNC1=O)NC(=O)[C@H](CC(C)C)NC(=O)c1cc2c(OC)cccc2[nH]1. The number of carbonyl (C=O) groups is 5. The zero-order valence-corrected chi connectivity index (χ0v) is 26.7. The van der Waals surface area contributed by atoms with Gasteiger partial charge in [0.05, 0.1) is 31.0 Å². The molecule has 3 heterocycles. The van der Waals surface area contributed by atoms with Gasteiger partial charge in [-0.05, 0) is 61.9 Å². The number of nitrogens with one attached hydrogen (secondary N) is 4. The largest absolute Gasteiger partial charge is 0.496 e. The van der Waals surface area contributed by atoms with E-state index >= 15 is 0 Å². The van der Waals surface area contributed by atoms with Crippen LogP contribution in [0.1, 0.15) is 65.2 Å². The number of aromatic amines is 1. The molecule has 1 saturated heterocycles. The predicted octanol–water partition coefficient (Wildman–Crippen LogP) is 2.61. The normalized spacial score (nSPS) is 15.7. The molecule has 0 radical (unpaired) electrons. The lowest BCUT2D eigenvalue weighted by atomic mass is 9.95. The van der Waals surface area contributed by atoms with E-state index in [1.54, 1.807) is 37.4 Å². The number of esters is 1. The van der Waals surface area contributed by atoms with Crippen LogP contribution >= 0.6 is 0 Å². The first-order valence-electron chi connectivity index (χ1n) is 15.2. The molecule has 0 saturated carbocycles. The Morgan fingerprint density at radius 2 is 1.87 bits per heavy atom. The number of hydrogen-bond acceptors (Lipinski definition) is 9. The zero-order valence-electron chi connectivity index (χ0n) is 26.7. The summed E-state index contributed by atoms with van der Waals surface area (Å²) in [5.41, 5.74) is 2.10. The number of carbonyl (C=O) groups excluding carboxylic acids is 5. The van der Waals surface area contributed by atoms with Crippen LogP contribution in [0.2, 0.25) is 0 Å². The molecule has 3 amide bonds. The number of amides is 3. The molecule has 4 rings (SSSR count). The number of fused-ring (bicyclic) bond motifs is 1. The number of pyridine rings is 1. The van der Waals surface area contributed by atoms with Crippen LogP contribution in [0.3, 0.4) is 0 Å². The van der Waals surface area contributed by atoms with Crippen LogP contribution in [0.15, 0.2) is 36.5 Å². The number of H-pyrrole nitrogens is 1. The van der Waals surface area contributed by atoms with Crippen molar-refractivity contribution in [1.82, 2.24) is 25.9 Å². The summed E-state index contributed by atoms with van der Waals surface area (Å²) in [5, 5.41) is 8.98. The molecule has 1 fully saturated rings. The number of aryl methyl sites for hydroxylation is 1. The maximum Gasteiger partial charge on any atom is 0.340 e. The molecule has 13 nitrogen and oxygen atoms in total. The lowest BCUT2D eigenvalue weighted by Gasteiger charge is -2.25. The minimum absolute atomic E-state index is 0.0126. The second kappa shape index (κ2) is 15.5. The molecule has 0 unspecified atom stereocenters. The number of ether oxygens (including phenoxy) is 3. The third kappa shape index (κ3) is 8.27. The van der Waals surface area contributed by atoms with Crippen LogP contribution in [0, 0.1) is 18.8 Å². The van der Waals surface area contributed by atoms with Gasteiger partial charge in [0.25, 0.3) is 5.91 Å². The summed E-state index contributed by atoms with van der Waals surface area (Å²) in [4.78, 5) is 73.1. The molecular weight excluding hydrogens is 594 g/mol. The average Bonchev–Trinajstić information content (AvgIpc) is 3.65. The molecule has 1 aromatic carbocycles. The topological polar surface area (TPSA) is 178 Å². The van der Waals surface area contributed by atoms with Crippen LogP contribution in [0.5, 0.6) is 5.75 Å². The van der Waals surface area contributed by atoms with Crippen molar-refractivity contribution in [2.24, 2.45) is 11.8 Å². The van der Waals surface area contributed by atoms with Gasteiger partial charge >= 0.3 is 5.97 Å². The quantitative estimate of drug-likeness (QED) is 0.183. The molecule has 246 valence electrons. The Balaban J connectivity index is 1.50. The summed E-state index contributed by atoms with van der Waals surface area (Å²) in [7, 11) is 3.01. The molecule has 1 aliphatic rings. The molecular formula is C33H41N5O8. The number of aromatic nitrogens is 2. The summed E-state index contributed by atoms with van der Waals surface area (Å²) in [6, 6.07) is 6.54. The third-order valence-electron chi connectivity index (χ3n) is 7.87. The van der Waals surface area contributed by atoms with Crippen LogP contribution in [0.25, 0.3) is 10.9 Å². The highest BCUT2D eigenvalue weighted by Crippen LogP contribution is 2.26. The summed E-state index contributed by atoms with van der Waals surface area (Å²) in [5.74, 6) is -2.58. The van der Waals surface area contributed by atoms with E-state index in [1.807, 2.05) is 19.9 Å². The Morgan fingerprint density at radius 3 is 2.54 bits per heavy atom. The van der Waals surface area contributed by atoms with Crippen LogP contribution < -0.4 is 20.7 Å². The van der Waals surface area contributed by atoms with Gasteiger partial charge in [-0.25, -0.2) is 4.79 Å². The standard InChI is InChI=1S/C33H41N5O8/c1-18(2)13-24(38-32(42)25-15-21-22(36-25)7-6-8-28(21)45-5)31(41)37-23(14-20-10-12-35-30(20)40)27(39)17-46-33(43)29-19(3)9-11-34-26(29)16-44-4/h6-9,11,15,18,20,23-24,36H,10,12-14,16-17H2,1-5H3,(H,35,40)(H,37,41)(H,38,42)/t20-,23-,24-/m0/s1. The molecule has 46 heavy (non-hydrogen) atoms. The summed E-state index contributed by atoms with van der Waals surface area (Å²) >= 11 is 0. The van der Waals surface area contributed by atoms with E-state index in [1.165, 1.54) is 14.2 Å². The zero-order chi connectivity index (χ0) is 33.4. The van der Waals surface area contributed by atoms with E-state index in [9.17, 15) is 24.0 Å². The van der Waals surface area contributed by atoms with Crippen LogP contribution in [0.4, 0.5) is 0 Å². The molecule has 3 aromatic rings. The number of Topliss-reactive ketones (excluding diaryl/α,β-unsaturated/α-hetero) is 1. The van der Waals surface area contributed by atoms with Crippen molar-refractivity contribution >= 4 is 40.4 Å². The molecule has 13 heteroatoms. The first kappa shape index (κ1) is 34.1. The van der Waals surface area contributed by atoms with Gasteiger partial charge < -0.3 is 35.1 Å². The lowest BCUT2D eigenvalue weighted by Crippen LogP contribution is -2.53. The molecule has 2 aromatic heterocycles. The van der Waals surface area contributed by atoms with Crippen molar-refractivity contribution in [3.63, 3.8) is 0 Å². The Kier molecular flexibility index (Phi) is 11.5. The fourth-order valence-electron chi connectivity index (χ4n) is 5.51. The van der Waals surface area contributed by atoms with E-state index in [2.05, 4.69) is 25.9 Å². The highest BCUT2D eigenvalue weighted by Gasteiger charge is 2.34. The monoisotopic (exact) mass is 635 g/mol. The van der Waals surface area contributed by atoms with E-state index in [0.29, 0.717) is 40.9 Å². The molecule has 0 bridgehead atoms. The summed E-state index contributed by atoms with van der Waals surface area (Å²) in [6.07, 6.45) is 2.33. The number of ketones is 1. The number of hydrogen-bond donors (Lipinski definition) is 4. The Morgan fingerprint density at radius 1 is 1.09 bits per heavy atom. The van der Waals surface area contributed by atoms with Crippen molar-refractivity contribution in [3.8, 4) is 5.75 Å². The molecule has 0 aliphatic carbocycles. The first-order valence-corrected chi connectivity index (χ1v) is 15.2. The lowest BCUT2D eigenvalue weighted by molar-refractivity contribution is -0.131. The maximum atomic E-state index is 13.7. The van der Waals surface area contributed by atoms with Crippen molar-refractivity contribution in [2.75, 3.05) is 27.4 Å². The van der Waals surface area contributed by atoms with Crippen molar-refractivity contribution in [3.05, 3.63) is 59.0 Å². The number of nitrogens with zero attached hydrogens (tertiary/aromatic N) is 1. The minimum Gasteiger partial charge on any atom is -0.496 e. The third-order valence-corrected chi connectivity index (χ3v) is 7.87. The van der Waals surface area contributed by atoms with Gasteiger partial charge in [0.2, 0.25) is 11.8 Å². The highest BCUT2D eigenvalue weighted by atomic mass is 16.5. The minimum atomic E-state index is -1.15. The summed E-state index contributed by atoms with van der Waals surface area (Å²) in [6.45, 7) is 5.42. The van der Waals surface area contributed by atoms with Gasteiger partial charge in [-0.3, -0.25) is 24.2 Å². The van der Waals surface area contributed by atoms with E-state index in [0.717, 1.165) is 0 Å². The smallest absolute Gasteiger partial charge is 0.340 e. The maximum absolute atomic E-state index is 13.7. The molecule has 1 aliphatic heterocycles. The average molecular weight is 636 g/mol. The second-order valence-corrected chi connectivity index (χ2v) is 11.8. The fourth-order valence-corrected chi connectivity index (χ4v) is 5.51. The van der Waals surface area contributed by atoms with Gasteiger partial charge in [0, 0.05) is 36.7 Å². The Labute approximate surface area is 267 Å². The van der Waals surface area contributed by atoms with Gasteiger partial charge in [-0.1, -0.05) is 19.9 Å². The highest BCUT2D eigenvalue weighted by molar-refractivity contribution is 6.02. The fraction of sp³-hybridized carbons (Fsp3) is 0.455. The van der Waals surface area contributed by atoms with Crippen molar-refractivity contribution < 1.29 is 38.2 Å². The van der Waals surface area contributed by atoms with Gasteiger partial charge in [0.15, 0.2) is 12.4 Å². The number of methoxy groups -OCH3 is 2. The first-order chi connectivity index (χ1) is 22.0. The molecule has 3 atom stereocenters. The van der Waals surface area contributed by atoms with Crippen molar-refractivity contribution in [2.45, 2.75) is 58.7 Å². The number of rotatable bonds is 15. The van der Waals surface area contributed by atoms with Crippen LogP contribution in [-0.2, 0) is 30.5 Å². The molecule has 4 N–H and O–H groups in total. The van der Waals surface area contributed by atoms with Crippen molar-refractivity contribution in [1.29, 1.82) is 0 Å². The summed E-state index contributed by atoms with van der Waals surface area (Å²) < 4.78 is 15.9. The predicted molar refractivity (Wildman–Crippen MR) is 168 cm³/mol. The van der Waals surface area contributed by atoms with E-state index in [4.69, 9.17) is 14.2 Å². The van der Waals surface area contributed by atoms with Gasteiger partial charge in [-0.15, -0.1) is 0 Å². The molecule has 0 spiro atoms. The van der Waals surface area contributed by atoms with Gasteiger partial charge in [-0.2, -0.15) is 0 Å². The Hall–Kier alpha value is -4.78. The van der Waals surface area contributed by atoms with E-state index in [-0.39, 0.29) is 42.5 Å². The number of benzene rings is 1. The second-order valence-electron chi connectivity index (χ2n) is 11.8.